The van der Waals surface area contributed by atoms with Crippen molar-refractivity contribution in [2.45, 2.75) is 6.54 Å². The maximum Gasteiger partial charge on any atom is 0.261 e. The smallest absolute Gasteiger partial charge is 0.261 e. The van der Waals surface area contributed by atoms with E-state index in [9.17, 15) is 9.59 Å². The van der Waals surface area contributed by atoms with Crippen molar-refractivity contribution in [1.29, 1.82) is 0 Å². The van der Waals surface area contributed by atoms with E-state index in [0.29, 0.717) is 17.0 Å². The molecule has 0 unspecified atom stereocenters. The van der Waals surface area contributed by atoms with Gasteiger partial charge in [0.05, 0.1) is 4.88 Å². The molecule has 0 radical (unpaired) electrons. The third kappa shape index (κ3) is 3.97. The zero-order valence-electron chi connectivity index (χ0n) is 12.7. The Kier molecular flexibility index (Phi) is 5.05. The molecule has 120 valence electrons. The highest BCUT2D eigenvalue weighted by atomic mass is 32.1. The van der Waals surface area contributed by atoms with Crippen molar-refractivity contribution in [3.05, 3.63) is 57.8 Å². The summed E-state index contributed by atoms with van der Waals surface area (Å²) in [7, 11) is 0. The minimum absolute atomic E-state index is 0.0685. The van der Waals surface area contributed by atoms with Crippen LogP contribution in [0.2, 0.25) is 0 Å². The van der Waals surface area contributed by atoms with Crippen LogP contribution in [0.25, 0.3) is 0 Å². The zero-order chi connectivity index (χ0) is 16.1. The Morgan fingerprint density at radius 2 is 1.87 bits per heavy atom. The summed E-state index contributed by atoms with van der Waals surface area (Å²) < 4.78 is 0. The van der Waals surface area contributed by atoms with Gasteiger partial charge in [-0.05, 0) is 29.1 Å². The van der Waals surface area contributed by atoms with Crippen LogP contribution in [-0.2, 0) is 6.54 Å². The van der Waals surface area contributed by atoms with Gasteiger partial charge in [0.25, 0.3) is 11.8 Å². The fraction of sp³-hybridized carbons (Fsp3) is 0.294. The van der Waals surface area contributed by atoms with Gasteiger partial charge in [0.1, 0.15) is 0 Å². The van der Waals surface area contributed by atoms with Gasteiger partial charge in [-0.3, -0.25) is 9.59 Å². The summed E-state index contributed by atoms with van der Waals surface area (Å²) in [5.41, 5.74) is 1.67. The van der Waals surface area contributed by atoms with Gasteiger partial charge in [-0.15, -0.1) is 11.3 Å². The molecule has 3 rings (SSSR count). The molecule has 0 atom stereocenters. The lowest BCUT2D eigenvalue weighted by molar-refractivity contribution is 0.0735. The molecule has 1 saturated heterocycles. The van der Waals surface area contributed by atoms with E-state index in [4.69, 9.17) is 0 Å². The van der Waals surface area contributed by atoms with E-state index >= 15 is 0 Å². The highest BCUT2D eigenvalue weighted by Crippen LogP contribution is 2.10. The summed E-state index contributed by atoms with van der Waals surface area (Å²) in [6.07, 6.45) is 0. The quantitative estimate of drug-likeness (QED) is 0.898. The largest absolute Gasteiger partial charge is 0.347 e. The number of carbonyl (C=O) groups excluding carboxylic acids is 2. The van der Waals surface area contributed by atoms with Gasteiger partial charge in [-0.25, -0.2) is 0 Å². The minimum Gasteiger partial charge on any atom is -0.347 e. The van der Waals surface area contributed by atoms with Crippen LogP contribution >= 0.6 is 11.3 Å². The molecule has 0 saturated carbocycles. The van der Waals surface area contributed by atoms with Crippen LogP contribution < -0.4 is 10.6 Å². The first-order valence-corrected chi connectivity index (χ1v) is 8.52. The molecular weight excluding hydrogens is 310 g/mol. The summed E-state index contributed by atoms with van der Waals surface area (Å²) in [4.78, 5) is 26.8. The van der Waals surface area contributed by atoms with E-state index < -0.39 is 0 Å². The Morgan fingerprint density at radius 1 is 1.13 bits per heavy atom. The monoisotopic (exact) mass is 329 g/mol. The summed E-state index contributed by atoms with van der Waals surface area (Å²) in [6.45, 7) is 3.64. The standard InChI is InChI=1S/C17H19N3O2S/c21-16(15-2-1-11-23-15)19-12-13-3-5-14(6-4-13)17(22)20-9-7-18-8-10-20/h1-6,11,18H,7-10,12H2,(H,19,21). The van der Waals surface area contributed by atoms with Gasteiger partial charge in [-0.1, -0.05) is 18.2 Å². The third-order valence-corrected chi connectivity index (χ3v) is 4.67. The Hall–Kier alpha value is -2.18. The number of hydrogen-bond acceptors (Lipinski definition) is 4. The SMILES string of the molecule is O=C(NCc1ccc(C(=O)N2CCNCC2)cc1)c1cccs1. The number of piperazine rings is 1. The summed E-state index contributed by atoms with van der Waals surface area (Å²) in [5.74, 6) is 0.00152. The minimum atomic E-state index is -0.0685. The summed E-state index contributed by atoms with van der Waals surface area (Å²) in [5, 5.41) is 8.00. The second-order valence-electron chi connectivity index (χ2n) is 5.40. The van der Waals surface area contributed by atoms with Crippen LogP contribution in [0.3, 0.4) is 0 Å². The van der Waals surface area contributed by atoms with E-state index in [-0.39, 0.29) is 11.8 Å². The van der Waals surface area contributed by atoms with Crippen LogP contribution in [-0.4, -0.2) is 42.9 Å². The number of hydrogen-bond donors (Lipinski definition) is 2. The topological polar surface area (TPSA) is 61.4 Å². The lowest BCUT2D eigenvalue weighted by Crippen LogP contribution is -2.46. The molecule has 0 bridgehead atoms. The van der Waals surface area contributed by atoms with Crippen molar-refractivity contribution in [3.63, 3.8) is 0 Å². The first kappa shape index (κ1) is 15.7. The zero-order valence-corrected chi connectivity index (χ0v) is 13.6. The molecule has 1 aliphatic heterocycles. The average Bonchev–Trinajstić information content (AvgIpc) is 3.15. The van der Waals surface area contributed by atoms with Gasteiger partial charge in [0.2, 0.25) is 0 Å². The highest BCUT2D eigenvalue weighted by molar-refractivity contribution is 7.12. The highest BCUT2D eigenvalue weighted by Gasteiger charge is 2.17. The molecule has 2 aromatic rings. The lowest BCUT2D eigenvalue weighted by atomic mass is 10.1. The van der Waals surface area contributed by atoms with Gasteiger partial charge in [0, 0.05) is 38.3 Å². The first-order chi connectivity index (χ1) is 11.2. The molecule has 1 aromatic heterocycles. The number of thiophene rings is 1. The van der Waals surface area contributed by atoms with Gasteiger partial charge >= 0.3 is 0 Å². The normalized spacial score (nSPS) is 14.5. The van der Waals surface area contributed by atoms with Crippen LogP contribution in [0.5, 0.6) is 0 Å². The predicted octanol–water partition coefficient (Wildman–Crippen LogP) is 1.72. The molecule has 5 nitrogen and oxygen atoms in total. The molecule has 0 spiro atoms. The van der Waals surface area contributed by atoms with E-state index in [1.54, 1.807) is 6.07 Å². The number of nitrogens with zero attached hydrogens (tertiary/aromatic N) is 1. The van der Waals surface area contributed by atoms with Crippen molar-refractivity contribution >= 4 is 23.2 Å². The Balaban J connectivity index is 1.56. The molecule has 2 heterocycles. The van der Waals surface area contributed by atoms with E-state index in [0.717, 1.165) is 31.7 Å². The van der Waals surface area contributed by atoms with Gasteiger partial charge in [0.15, 0.2) is 0 Å². The number of benzene rings is 1. The summed E-state index contributed by atoms with van der Waals surface area (Å²) in [6, 6.07) is 11.1. The number of carbonyl (C=O) groups is 2. The molecule has 1 aromatic carbocycles. The van der Waals surface area contributed by atoms with Crippen LogP contribution in [0.1, 0.15) is 25.6 Å². The fourth-order valence-electron chi connectivity index (χ4n) is 2.49. The third-order valence-electron chi connectivity index (χ3n) is 3.80. The van der Waals surface area contributed by atoms with E-state index in [1.807, 2.05) is 40.6 Å². The fourth-order valence-corrected chi connectivity index (χ4v) is 3.13. The Labute approximate surface area is 139 Å². The van der Waals surface area contributed by atoms with Crippen molar-refractivity contribution in [3.8, 4) is 0 Å². The molecule has 2 N–H and O–H groups in total. The Bertz CT molecular complexity index is 662. The maximum absolute atomic E-state index is 12.4. The van der Waals surface area contributed by atoms with E-state index in [1.165, 1.54) is 11.3 Å². The second kappa shape index (κ2) is 7.39. The summed E-state index contributed by atoms with van der Waals surface area (Å²) >= 11 is 1.42. The Morgan fingerprint density at radius 3 is 2.52 bits per heavy atom. The predicted molar refractivity (Wildman–Crippen MR) is 90.7 cm³/mol. The van der Waals surface area contributed by atoms with Crippen molar-refractivity contribution in [2.75, 3.05) is 26.2 Å². The first-order valence-electron chi connectivity index (χ1n) is 7.65. The molecule has 6 heteroatoms. The van der Waals surface area contributed by atoms with E-state index in [2.05, 4.69) is 10.6 Å². The van der Waals surface area contributed by atoms with Crippen LogP contribution in [0, 0.1) is 0 Å². The molecule has 1 fully saturated rings. The number of rotatable bonds is 4. The molecule has 1 aliphatic rings. The van der Waals surface area contributed by atoms with Crippen molar-refractivity contribution in [2.24, 2.45) is 0 Å². The lowest BCUT2D eigenvalue weighted by Gasteiger charge is -2.27. The molecule has 0 aliphatic carbocycles. The number of nitrogens with one attached hydrogen (secondary N) is 2. The molecular formula is C17H19N3O2S. The van der Waals surface area contributed by atoms with Crippen LogP contribution in [0.4, 0.5) is 0 Å². The molecule has 23 heavy (non-hydrogen) atoms. The average molecular weight is 329 g/mol. The van der Waals surface area contributed by atoms with Crippen molar-refractivity contribution in [1.82, 2.24) is 15.5 Å². The van der Waals surface area contributed by atoms with Gasteiger partial charge in [-0.2, -0.15) is 0 Å². The molecule has 2 amide bonds. The maximum atomic E-state index is 12.4. The number of amides is 2. The van der Waals surface area contributed by atoms with Gasteiger partial charge < -0.3 is 15.5 Å². The van der Waals surface area contributed by atoms with Crippen LogP contribution in [0.15, 0.2) is 41.8 Å². The van der Waals surface area contributed by atoms with Crippen molar-refractivity contribution < 1.29 is 9.59 Å². The second-order valence-corrected chi connectivity index (χ2v) is 6.35.